The summed E-state index contributed by atoms with van der Waals surface area (Å²) >= 11 is 6.03. The Kier molecular flexibility index (Phi) is 27.2. The van der Waals surface area contributed by atoms with E-state index in [1.165, 1.54) is 52.8 Å². The lowest BCUT2D eigenvalue weighted by Crippen LogP contribution is -2.64. The molecule has 0 spiro atoms. The van der Waals surface area contributed by atoms with E-state index in [-0.39, 0.29) is 97.7 Å². The lowest BCUT2D eigenvalue weighted by Gasteiger charge is -2.53. The molecule has 4 fully saturated rings. The van der Waals surface area contributed by atoms with Crippen molar-refractivity contribution in [1.29, 1.82) is 0 Å². The molecule has 6 aliphatic rings. The highest BCUT2D eigenvalue weighted by Gasteiger charge is 2.51. The largest absolute Gasteiger partial charge is 0.524 e. The highest BCUT2D eigenvalue weighted by Crippen LogP contribution is 2.54. The van der Waals surface area contributed by atoms with Crippen LogP contribution in [0, 0.1) is 0 Å². The molecule has 6 aliphatic heterocycles. The van der Waals surface area contributed by atoms with Crippen LogP contribution in [0.25, 0.3) is 0 Å². The second kappa shape index (κ2) is 37.8. The SMILES string of the molecule is COc1cc(C(=O)NC2CCN(OP(=O)(OCl)ON3CCC(NC(=O)c4cc(OC)c(OC)c(OC)c4C[C@H]4CN(C(c5ccccc5)(c5ccccc5)c5ccccc5)C[C@H](N5C=C(C)C(O)NC5O)O4)CC3)CC2)c(C[C@H]2CN(C(c3ccccc3)(c3ccccc3)c3ccccc3)C[C@H](N3C=C(C)C(O)NC3O)O2)c(OC)c1OC. The molecule has 8 N–H and O–H groups in total. The molecule has 28 nitrogen and oxygen atoms in total. The number of methoxy groups -OCH3 is 6. The maximum Gasteiger partial charge on any atom is 0.524 e. The third-order valence-electron chi connectivity index (χ3n) is 23.1. The van der Waals surface area contributed by atoms with Crippen LogP contribution in [0.1, 0.15) is 105 Å². The number of amides is 2. The molecule has 2 amide bonds. The average Bonchev–Trinajstić information content (AvgIpc) is 0.727. The molecule has 8 aromatic carbocycles. The van der Waals surface area contributed by atoms with Gasteiger partial charge in [-0.1, -0.05) is 182 Å². The van der Waals surface area contributed by atoms with E-state index in [0.717, 1.165) is 33.4 Å². The topological polar surface area (TPSA) is 301 Å². The fourth-order valence-corrected chi connectivity index (χ4v) is 18.7. The van der Waals surface area contributed by atoms with Crippen molar-refractivity contribution < 1.29 is 85.8 Å². The summed E-state index contributed by atoms with van der Waals surface area (Å²) in [6, 6.07) is 63.9. The Bertz CT molecular complexity index is 4340. The molecule has 0 bridgehead atoms. The van der Waals surface area contributed by atoms with Crippen molar-refractivity contribution in [3.8, 4) is 34.5 Å². The Balaban J connectivity index is 0.662. The van der Waals surface area contributed by atoms with E-state index in [9.17, 15) is 25.0 Å². The Hall–Kier alpha value is -9.50. The Morgan fingerprint density at radius 1 is 0.458 bits per heavy atom. The number of benzene rings is 8. The van der Waals surface area contributed by atoms with Gasteiger partial charge in [-0.05, 0) is 96.2 Å². The smallest absolute Gasteiger partial charge is 0.493 e. The first-order valence-electron chi connectivity index (χ1n) is 39.6. The van der Waals surface area contributed by atoms with Gasteiger partial charge in [0.15, 0.2) is 35.7 Å². The van der Waals surface area contributed by atoms with Crippen molar-refractivity contribution in [1.82, 2.24) is 51.0 Å². The summed E-state index contributed by atoms with van der Waals surface area (Å²) in [6.07, 6.45) is -3.03. The highest BCUT2D eigenvalue weighted by atomic mass is 35.5. The number of carbonyl (C=O) groups is 2. The molecule has 0 radical (unpaired) electrons. The molecule has 0 aliphatic carbocycles. The fraction of sp³-hybridized carbons (Fsp3) is 0.386. The second-order valence-corrected chi connectivity index (χ2v) is 31.9. The Labute approximate surface area is 692 Å². The Morgan fingerprint density at radius 2 is 0.754 bits per heavy atom. The Morgan fingerprint density at radius 3 is 1.03 bits per heavy atom. The number of hydrogen-bond acceptors (Lipinski definition) is 26. The van der Waals surface area contributed by atoms with E-state index in [0.29, 0.717) is 61.0 Å². The van der Waals surface area contributed by atoms with Crippen molar-refractivity contribution >= 4 is 31.5 Å². The maximum atomic E-state index is 15.2. The summed E-state index contributed by atoms with van der Waals surface area (Å²) in [4.78, 5) is 38.5. The van der Waals surface area contributed by atoms with Crippen molar-refractivity contribution in [2.45, 2.75) is 125 Å². The number of rotatable bonds is 29. The predicted molar refractivity (Wildman–Crippen MR) is 441 cm³/mol. The number of nitrogens with zero attached hydrogens (tertiary/aromatic N) is 6. The molecular formula is C88H104ClN10O18P. The van der Waals surface area contributed by atoms with Gasteiger partial charge in [-0.15, -0.1) is 0 Å². The summed E-state index contributed by atoms with van der Waals surface area (Å²) in [5.41, 5.74) is 6.55. The number of hydroxylamine groups is 4. The number of aliphatic hydroxyl groups excluding tert-OH is 4. The van der Waals surface area contributed by atoms with Crippen LogP contribution in [0.5, 0.6) is 34.5 Å². The number of phosphoric acid groups is 1. The molecule has 626 valence electrons. The van der Waals surface area contributed by atoms with Gasteiger partial charge in [-0.2, -0.15) is 23.5 Å². The van der Waals surface area contributed by atoms with Gasteiger partial charge in [0.2, 0.25) is 11.5 Å². The number of aliphatic hydroxyl groups is 4. The fourth-order valence-electron chi connectivity index (χ4n) is 17.6. The standard InChI is InChI=1S/C88H104ClN10O18P/c1-57-51-98(85(104)92-81(57)100)75-55-94(87(59-27-15-9-16-28-59,60-29-17-10-18-30-60)61-31-19-11-20-32-61)53-67(113-75)47-69-71(49-73(107-3)79(111-7)77(69)109-5)83(102)90-65-39-43-96(44-40-65)116-118(106,115-89)117-97-45-41-66(42-46-97)91-84(103)72-50-74(108-4)80(112-8)78(110-6)70(72)48-68-54-95(56-76(114-68)99-52-58(2)82(101)93-86(99)105)88(62-33-21-12-22-34-62,63-35-23-13-24-36-63)64-37-25-14-26-38-64/h9-38,49-52,65-68,75-76,81-82,85-86,92-93,100-101,104-105H,39-48,53-56H2,1-8H3,(H,90,102)(H,91,103)/t67-,68-,75+,76+,81?,82?,85?,86?,118?/m0/s1. The summed E-state index contributed by atoms with van der Waals surface area (Å²) in [5.74, 6) is 0.652. The van der Waals surface area contributed by atoms with Gasteiger partial charge in [0.05, 0.1) is 88.9 Å². The van der Waals surface area contributed by atoms with Crippen LogP contribution in [0.3, 0.4) is 0 Å². The molecule has 0 aromatic heterocycles. The van der Waals surface area contributed by atoms with E-state index in [1.54, 1.807) is 48.2 Å². The number of nitrogens with one attached hydrogen (secondary N) is 4. The molecule has 0 saturated carbocycles. The number of ether oxygens (including phenoxy) is 8. The molecule has 4 unspecified atom stereocenters. The van der Waals surface area contributed by atoms with Crippen LogP contribution >= 0.6 is 19.7 Å². The lowest BCUT2D eigenvalue weighted by atomic mass is 9.75. The van der Waals surface area contributed by atoms with Gasteiger partial charge >= 0.3 is 7.82 Å². The number of piperidine rings is 2. The minimum Gasteiger partial charge on any atom is -0.493 e. The molecule has 118 heavy (non-hydrogen) atoms. The van der Waals surface area contributed by atoms with Gasteiger partial charge in [-0.3, -0.25) is 19.4 Å². The van der Waals surface area contributed by atoms with Crippen molar-refractivity contribution in [3.05, 3.63) is 273 Å². The molecule has 4 saturated heterocycles. The zero-order valence-electron chi connectivity index (χ0n) is 67.3. The average molecular weight is 1660 g/mol. The monoisotopic (exact) mass is 1650 g/mol. The first kappa shape index (κ1) is 84.9. The van der Waals surface area contributed by atoms with Crippen LogP contribution < -0.4 is 49.7 Å². The third kappa shape index (κ3) is 17.6. The van der Waals surface area contributed by atoms with Crippen molar-refractivity contribution in [2.75, 3.05) is 95.0 Å². The molecule has 30 heteroatoms. The zero-order chi connectivity index (χ0) is 82.8. The first-order valence-corrected chi connectivity index (χ1v) is 41.4. The van der Waals surface area contributed by atoms with E-state index in [1.807, 2.05) is 109 Å². The predicted octanol–water partition coefficient (Wildman–Crippen LogP) is 9.90. The summed E-state index contributed by atoms with van der Waals surface area (Å²) in [5, 5.41) is 60.3. The van der Waals surface area contributed by atoms with Gasteiger partial charge in [0.1, 0.15) is 24.9 Å². The molecule has 8 aromatic rings. The normalized spacial score (nSPS) is 22.8. The van der Waals surface area contributed by atoms with Crippen LogP contribution in [0.15, 0.2) is 218 Å². The minimum absolute atomic E-state index is 0.0946. The highest BCUT2D eigenvalue weighted by molar-refractivity contribution is 7.49. The molecule has 6 heterocycles. The van der Waals surface area contributed by atoms with Crippen molar-refractivity contribution in [2.24, 2.45) is 0 Å². The number of carbonyl (C=O) groups excluding carboxylic acids is 2. The van der Waals surface area contributed by atoms with Crippen molar-refractivity contribution in [3.63, 3.8) is 0 Å². The van der Waals surface area contributed by atoms with Crippen LogP contribution in [0.4, 0.5) is 0 Å². The summed E-state index contributed by atoms with van der Waals surface area (Å²) in [7, 11) is 4.42. The second-order valence-electron chi connectivity index (χ2n) is 30.2. The zero-order valence-corrected chi connectivity index (χ0v) is 69.0. The van der Waals surface area contributed by atoms with Crippen LogP contribution in [-0.4, -0.2) is 219 Å². The number of hydrogen-bond donors (Lipinski definition) is 8. The van der Waals surface area contributed by atoms with Gasteiger partial charge in [0, 0.05) is 101 Å². The van der Waals surface area contributed by atoms with E-state index in [4.69, 9.17) is 63.1 Å². The van der Waals surface area contributed by atoms with E-state index >= 15 is 9.59 Å². The van der Waals surface area contributed by atoms with Gasteiger partial charge in [-0.25, -0.2) is 15.2 Å². The van der Waals surface area contributed by atoms with Crippen LogP contribution in [0.2, 0.25) is 0 Å². The molecule has 14 rings (SSSR count). The van der Waals surface area contributed by atoms with E-state index in [2.05, 4.69) is 104 Å². The quantitative estimate of drug-likeness (QED) is 0.0160. The molecular weight excluding hydrogens is 1550 g/mol. The first-order chi connectivity index (χ1) is 57.3. The lowest BCUT2D eigenvalue weighted by molar-refractivity contribution is -0.197. The number of morpholine rings is 2. The van der Waals surface area contributed by atoms with Gasteiger partial charge < -0.3 is 78.8 Å². The minimum atomic E-state index is -4.55. The van der Waals surface area contributed by atoms with Crippen LogP contribution in [-0.2, 0) is 51.3 Å². The third-order valence-corrected chi connectivity index (χ3v) is 24.7. The maximum absolute atomic E-state index is 15.2. The van der Waals surface area contributed by atoms with Gasteiger partial charge in [0.25, 0.3) is 11.8 Å². The number of halogens is 1. The molecule has 8 atom stereocenters. The summed E-state index contributed by atoms with van der Waals surface area (Å²) in [6.45, 7) is 5.33. The van der Waals surface area contributed by atoms with E-state index < -0.39 is 92.6 Å². The summed E-state index contributed by atoms with van der Waals surface area (Å²) < 4.78 is 81.9.